The highest BCUT2D eigenvalue weighted by Crippen LogP contribution is 2.54. The minimum atomic E-state index is 0.296. The van der Waals surface area contributed by atoms with Crippen LogP contribution in [0.1, 0.15) is 42.2 Å². The Morgan fingerprint density at radius 3 is 2.00 bits per heavy atom. The van der Waals surface area contributed by atoms with Crippen LogP contribution in [0.25, 0.3) is 0 Å². The summed E-state index contributed by atoms with van der Waals surface area (Å²) in [5, 5.41) is 0. The summed E-state index contributed by atoms with van der Waals surface area (Å²) in [5.41, 5.74) is 2.75. The molecule has 106 valence electrons. The van der Waals surface area contributed by atoms with Crippen molar-refractivity contribution in [2.75, 3.05) is 0 Å². The average Bonchev–Trinajstić information content (AvgIpc) is 3.43. The first-order valence-electron chi connectivity index (χ1n) is 7.95. The molecule has 4 rings (SSSR count). The van der Waals surface area contributed by atoms with Crippen molar-refractivity contribution >= 4 is 5.78 Å². The first kappa shape index (κ1) is 12.8. The van der Waals surface area contributed by atoms with Crippen LogP contribution < -0.4 is 0 Å². The summed E-state index contributed by atoms with van der Waals surface area (Å²) >= 11 is 0. The van der Waals surface area contributed by atoms with Crippen LogP contribution in [0, 0.1) is 11.8 Å². The SMILES string of the molecule is O=C(CC1CC1c1ccccc1)C1CC1c1ccccc1. The molecule has 2 aliphatic carbocycles. The van der Waals surface area contributed by atoms with E-state index in [1.54, 1.807) is 0 Å². The molecule has 0 bridgehead atoms. The third kappa shape index (κ3) is 2.65. The van der Waals surface area contributed by atoms with Gasteiger partial charge >= 0.3 is 0 Å². The van der Waals surface area contributed by atoms with E-state index in [1.807, 2.05) is 6.07 Å². The van der Waals surface area contributed by atoms with Crippen LogP contribution in [0.5, 0.6) is 0 Å². The molecule has 4 atom stereocenters. The van der Waals surface area contributed by atoms with Gasteiger partial charge in [0.1, 0.15) is 5.78 Å². The van der Waals surface area contributed by atoms with E-state index in [0.29, 0.717) is 29.5 Å². The second-order valence-electron chi connectivity index (χ2n) is 6.54. The molecule has 0 heterocycles. The zero-order valence-electron chi connectivity index (χ0n) is 12.1. The smallest absolute Gasteiger partial charge is 0.136 e. The molecular weight excluding hydrogens is 256 g/mol. The fourth-order valence-corrected chi connectivity index (χ4v) is 3.61. The van der Waals surface area contributed by atoms with E-state index in [4.69, 9.17) is 0 Å². The van der Waals surface area contributed by atoms with Crippen molar-refractivity contribution in [2.45, 2.75) is 31.1 Å². The normalized spacial score (nSPS) is 29.9. The summed E-state index contributed by atoms with van der Waals surface area (Å²) in [6.07, 6.45) is 3.04. The molecular formula is C20H20O. The highest BCUT2D eigenvalue weighted by atomic mass is 16.1. The van der Waals surface area contributed by atoms with Crippen molar-refractivity contribution in [3.8, 4) is 0 Å². The molecule has 0 radical (unpaired) electrons. The maximum Gasteiger partial charge on any atom is 0.136 e. The van der Waals surface area contributed by atoms with Gasteiger partial charge in [0.25, 0.3) is 0 Å². The fraction of sp³-hybridized carbons (Fsp3) is 0.350. The molecule has 4 unspecified atom stereocenters. The Morgan fingerprint density at radius 1 is 0.810 bits per heavy atom. The highest BCUT2D eigenvalue weighted by Gasteiger charge is 2.47. The van der Waals surface area contributed by atoms with Crippen LogP contribution in [0.15, 0.2) is 60.7 Å². The average molecular weight is 276 g/mol. The molecule has 2 fully saturated rings. The van der Waals surface area contributed by atoms with E-state index < -0.39 is 0 Å². The molecule has 2 saturated carbocycles. The molecule has 2 aromatic rings. The summed E-state index contributed by atoms with van der Waals surface area (Å²) in [6, 6.07) is 21.1. The van der Waals surface area contributed by atoms with E-state index in [2.05, 4.69) is 54.6 Å². The molecule has 0 saturated heterocycles. The van der Waals surface area contributed by atoms with Crippen molar-refractivity contribution in [3.05, 3.63) is 71.8 Å². The predicted molar refractivity (Wildman–Crippen MR) is 84.2 cm³/mol. The fourth-order valence-electron chi connectivity index (χ4n) is 3.61. The first-order chi connectivity index (χ1) is 10.3. The maximum absolute atomic E-state index is 12.4. The van der Waals surface area contributed by atoms with Gasteiger partial charge in [0, 0.05) is 12.3 Å². The molecule has 0 amide bonds. The lowest BCUT2D eigenvalue weighted by Gasteiger charge is -2.02. The van der Waals surface area contributed by atoms with E-state index >= 15 is 0 Å². The predicted octanol–water partition coefficient (Wildman–Crippen LogP) is 4.55. The summed E-state index contributed by atoms with van der Waals surface area (Å²) in [4.78, 5) is 12.4. The Bertz CT molecular complexity index is 631. The largest absolute Gasteiger partial charge is 0.299 e. The zero-order chi connectivity index (χ0) is 14.2. The topological polar surface area (TPSA) is 17.1 Å². The van der Waals surface area contributed by atoms with Gasteiger partial charge in [0.2, 0.25) is 0 Å². The van der Waals surface area contributed by atoms with Gasteiger partial charge in [-0.1, -0.05) is 60.7 Å². The molecule has 1 nitrogen and oxygen atoms in total. The summed E-state index contributed by atoms with van der Waals surface area (Å²) in [6.45, 7) is 0. The van der Waals surface area contributed by atoms with Crippen molar-refractivity contribution < 1.29 is 4.79 Å². The quantitative estimate of drug-likeness (QED) is 0.782. The Morgan fingerprint density at radius 2 is 1.38 bits per heavy atom. The van der Waals surface area contributed by atoms with Crippen LogP contribution in [0.4, 0.5) is 0 Å². The molecule has 0 aromatic heterocycles. The lowest BCUT2D eigenvalue weighted by Crippen LogP contribution is -2.04. The third-order valence-electron chi connectivity index (χ3n) is 5.05. The Hall–Kier alpha value is -1.89. The summed E-state index contributed by atoms with van der Waals surface area (Å²) in [5.74, 6) is 2.50. The molecule has 1 heteroatoms. The van der Waals surface area contributed by atoms with Gasteiger partial charge in [-0.3, -0.25) is 4.79 Å². The lowest BCUT2D eigenvalue weighted by molar-refractivity contribution is -0.120. The number of carbonyl (C=O) groups is 1. The van der Waals surface area contributed by atoms with Crippen LogP contribution >= 0.6 is 0 Å². The number of Topliss-reactive ketones (excluding diaryl/α,β-unsaturated/α-hetero) is 1. The van der Waals surface area contributed by atoms with Crippen LogP contribution in [-0.4, -0.2) is 5.78 Å². The Kier molecular flexibility index (Phi) is 3.14. The Balaban J connectivity index is 1.33. The number of carbonyl (C=O) groups excluding carboxylic acids is 1. The van der Waals surface area contributed by atoms with Gasteiger partial charge < -0.3 is 0 Å². The molecule has 2 aliphatic rings. The van der Waals surface area contributed by atoms with E-state index in [-0.39, 0.29) is 0 Å². The third-order valence-corrected chi connectivity index (χ3v) is 5.05. The van der Waals surface area contributed by atoms with Crippen molar-refractivity contribution in [3.63, 3.8) is 0 Å². The van der Waals surface area contributed by atoms with E-state index in [1.165, 1.54) is 17.5 Å². The highest BCUT2D eigenvalue weighted by molar-refractivity contribution is 5.85. The van der Waals surface area contributed by atoms with E-state index in [0.717, 1.165) is 12.8 Å². The van der Waals surface area contributed by atoms with Crippen molar-refractivity contribution in [1.82, 2.24) is 0 Å². The number of hydrogen-bond donors (Lipinski definition) is 0. The van der Waals surface area contributed by atoms with Crippen LogP contribution in [-0.2, 0) is 4.79 Å². The maximum atomic E-state index is 12.4. The van der Waals surface area contributed by atoms with Crippen LogP contribution in [0.3, 0.4) is 0 Å². The van der Waals surface area contributed by atoms with E-state index in [9.17, 15) is 4.79 Å². The second kappa shape index (κ2) is 5.14. The van der Waals surface area contributed by atoms with Crippen LogP contribution in [0.2, 0.25) is 0 Å². The lowest BCUT2D eigenvalue weighted by atomic mass is 10.0. The minimum absolute atomic E-state index is 0.296. The molecule has 0 aliphatic heterocycles. The van der Waals surface area contributed by atoms with Gasteiger partial charge in [-0.25, -0.2) is 0 Å². The Labute approximate surface area is 126 Å². The molecule has 21 heavy (non-hydrogen) atoms. The van der Waals surface area contributed by atoms with Gasteiger partial charge in [0.15, 0.2) is 0 Å². The number of benzene rings is 2. The first-order valence-corrected chi connectivity index (χ1v) is 7.95. The van der Waals surface area contributed by atoms with Crippen molar-refractivity contribution in [2.24, 2.45) is 11.8 Å². The number of ketones is 1. The number of hydrogen-bond acceptors (Lipinski definition) is 1. The van der Waals surface area contributed by atoms with Gasteiger partial charge in [0.05, 0.1) is 0 Å². The van der Waals surface area contributed by atoms with Gasteiger partial charge in [-0.2, -0.15) is 0 Å². The van der Waals surface area contributed by atoms with Gasteiger partial charge in [-0.05, 0) is 41.7 Å². The van der Waals surface area contributed by atoms with Gasteiger partial charge in [-0.15, -0.1) is 0 Å². The monoisotopic (exact) mass is 276 g/mol. The minimum Gasteiger partial charge on any atom is -0.299 e. The van der Waals surface area contributed by atoms with Crippen molar-refractivity contribution in [1.29, 1.82) is 0 Å². The molecule has 0 N–H and O–H groups in total. The number of rotatable bonds is 5. The zero-order valence-corrected chi connectivity index (χ0v) is 12.1. The standard InChI is InChI=1S/C20H20O/c21-20(19-13-18(19)15-9-5-2-6-10-15)12-16-11-17(16)14-7-3-1-4-8-14/h1-10,16-19H,11-13H2. The second-order valence-corrected chi connectivity index (χ2v) is 6.54. The summed E-state index contributed by atoms with van der Waals surface area (Å²) < 4.78 is 0. The summed E-state index contributed by atoms with van der Waals surface area (Å²) in [7, 11) is 0. The molecule has 0 spiro atoms. The molecule has 2 aromatic carbocycles.